The van der Waals surface area contributed by atoms with E-state index in [-0.39, 0.29) is 43.3 Å². The maximum absolute atomic E-state index is 11.2. The molecule has 0 aliphatic heterocycles. The second-order valence-corrected chi connectivity index (χ2v) is 11.3. The van der Waals surface area contributed by atoms with Crippen LogP contribution < -0.4 is 0 Å². The summed E-state index contributed by atoms with van der Waals surface area (Å²) in [6.07, 6.45) is 3.68. The molecule has 4 heterocycles. The zero-order chi connectivity index (χ0) is 19.8. The van der Waals surface area contributed by atoms with Crippen LogP contribution in [0.3, 0.4) is 0 Å². The fourth-order valence-corrected chi connectivity index (χ4v) is 4.86. The summed E-state index contributed by atoms with van der Waals surface area (Å²) in [6.45, 7) is 0. The van der Waals surface area contributed by atoms with Gasteiger partial charge in [-0.1, -0.05) is 11.6 Å². The topological polar surface area (TPSA) is 120 Å². The van der Waals surface area contributed by atoms with Gasteiger partial charge in [0.15, 0.2) is 0 Å². The van der Waals surface area contributed by atoms with Gasteiger partial charge in [-0.25, -0.2) is 36.8 Å². The first-order valence-electron chi connectivity index (χ1n) is 7.07. The predicted octanol–water partition coefficient (Wildman–Crippen LogP) is 3.29. The molecule has 0 atom stereocenters. The van der Waals surface area contributed by atoms with E-state index in [0.29, 0.717) is 15.0 Å². The normalized spacial score (nSPS) is 11.3. The van der Waals surface area contributed by atoms with Crippen LogP contribution in [0.15, 0.2) is 39.4 Å². The maximum atomic E-state index is 11.2. The van der Waals surface area contributed by atoms with E-state index in [0.717, 1.165) is 17.9 Å². The van der Waals surface area contributed by atoms with Crippen LogP contribution in [-0.2, 0) is 40.1 Å². The number of halogens is 1. The molecular weight excluding hydrogens is 570 g/mol. The first kappa shape index (κ1) is 26.0. The molecule has 29 heavy (non-hydrogen) atoms. The summed E-state index contributed by atoms with van der Waals surface area (Å²) < 4.78 is 44.5. The molecule has 0 aliphatic rings. The number of thiophene rings is 2. The molecule has 4 aromatic rings. The van der Waals surface area contributed by atoms with Crippen molar-refractivity contribution in [2.24, 2.45) is 0 Å². The second kappa shape index (κ2) is 9.83. The third-order valence-electron chi connectivity index (χ3n) is 3.11. The minimum Gasteiger partial charge on any atom is -0.358 e. The average Bonchev–Trinajstić information content (AvgIpc) is 3.22. The van der Waals surface area contributed by atoms with Crippen LogP contribution in [0.4, 0.5) is 0 Å². The van der Waals surface area contributed by atoms with Crippen LogP contribution >= 0.6 is 34.3 Å². The Balaban J connectivity index is 0.000000272. The maximum Gasteiger partial charge on any atom is 0.249 e. The predicted molar refractivity (Wildman–Crippen MR) is 112 cm³/mol. The van der Waals surface area contributed by atoms with Gasteiger partial charge in [-0.15, -0.1) is 22.7 Å². The zero-order valence-electron chi connectivity index (χ0n) is 15.1. The molecule has 0 bridgehead atoms. The second-order valence-electron chi connectivity index (χ2n) is 5.31. The van der Waals surface area contributed by atoms with Crippen molar-refractivity contribution in [2.45, 2.75) is 10.3 Å². The van der Waals surface area contributed by atoms with Crippen LogP contribution in [0, 0.1) is 7.43 Å². The Morgan fingerprint density at radius 2 is 1.41 bits per heavy atom. The first-order valence-corrected chi connectivity index (χ1v) is 13.0. The summed E-state index contributed by atoms with van der Waals surface area (Å²) in [5, 5.41) is 5.04. The number of nitrogens with zero attached hydrogens (tertiary/aromatic N) is 4. The van der Waals surface area contributed by atoms with Crippen LogP contribution in [0.5, 0.6) is 0 Å². The van der Waals surface area contributed by atoms with Gasteiger partial charge in [0.05, 0.1) is 0 Å². The van der Waals surface area contributed by atoms with Crippen molar-refractivity contribution in [1.29, 1.82) is 0 Å². The van der Waals surface area contributed by atoms with E-state index < -0.39 is 19.7 Å². The van der Waals surface area contributed by atoms with Crippen molar-refractivity contribution >= 4 is 74.4 Å². The first-order chi connectivity index (χ1) is 12.6. The van der Waals surface area contributed by atoms with Crippen molar-refractivity contribution in [3.05, 3.63) is 41.7 Å². The van der Waals surface area contributed by atoms with Gasteiger partial charge in [0.2, 0.25) is 30.0 Å². The summed E-state index contributed by atoms with van der Waals surface area (Å²) in [5.74, 6) is 0. The van der Waals surface area contributed by atoms with Crippen molar-refractivity contribution in [1.82, 2.24) is 19.9 Å². The molecule has 0 saturated heterocycles. The fraction of sp³-hybridized carbons (Fsp3) is 0.133. The Hall–Kier alpha value is -1.07. The summed E-state index contributed by atoms with van der Waals surface area (Å²) in [5.41, 5.74) is 0. The van der Waals surface area contributed by atoms with Crippen molar-refractivity contribution in [3.8, 4) is 0 Å². The molecule has 0 radical (unpaired) electrons. The van der Waals surface area contributed by atoms with E-state index in [1.54, 1.807) is 11.4 Å². The van der Waals surface area contributed by atoms with Gasteiger partial charge in [-0.3, -0.25) is 0 Å². The molecule has 0 aliphatic carbocycles. The Bertz CT molecular complexity index is 1350. The molecule has 4 aromatic heterocycles. The van der Waals surface area contributed by atoms with Crippen LogP contribution in [-0.4, -0.2) is 49.3 Å². The molecule has 8 nitrogen and oxygen atoms in total. The Labute approximate surface area is 194 Å². The van der Waals surface area contributed by atoms with E-state index >= 15 is 0 Å². The van der Waals surface area contributed by atoms with Crippen molar-refractivity contribution < 1.29 is 37.3 Å². The molecular formula is C15H14ClN4O4PdS4-. The molecule has 0 saturated carbocycles. The van der Waals surface area contributed by atoms with E-state index in [1.807, 2.05) is 11.4 Å². The molecule has 0 unspecified atom stereocenters. The van der Waals surface area contributed by atoms with E-state index in [4.69, 9.17) is 11.6 Å². The minimum atomic E-state index is -3.39. The van der Waals surface area contributed by atoms with Crippen molar-refractivity contribution in [3.63, 3.8) is 0 Å². The Kier molecular flexibility index (Phi) is 8.80. The Morgan fingerprint density at radius 1 is 0.862 bits per heavy atom. The number of fused-ring (bicyclic) bond motifs is 2. The molecule has 4 rings (SSSR count). The van der Waals surface area contributed by atoms with Gasteiger partial charge in [0.25, 0.3) is 0 Å². The molecule has 0 N–H and O–H groups in total. The molecule has 0 aromatic carbocycles. The summed E-state index contributed by atoms with van der Waals surface area (Å²) in [7, 11) is -6.68. The van der Waals surface area contributed by atoms with E-state index in [1.165, 1.54) is 28.9 Å². The van der Waals surface area contributed by atoms with E-state index in [9.17, 15) is 16.8 Å². The SMILES string of the molecule is CS(=O)(=O)c1nc(Cl)c2ccsc2n1.CS(=O)(=O)c1ncc2ccsc2n1.[CH3-].[Pd]. The summed E-state index contributed by atoms with van der Waals surface area (Å²) in [4.78, 5) is 16.6. The van der Waals surface area contributed by atoms with Gasteiger partial charge >= 0.3 is 0 Å². The molecule has 0 fully saturated rings. The number of rotatable bonds is 2. The fourth-order valence-electron chi connectivity index (χ4n) is 1.89. The van der Waals surface area contributed by atoms with Gasteiger partial charge in [-0.05, 0) is 22.9 Å². The van der Waals surface area contributed by atoms with Crippen LogP contribution in [0.2, 0.25) is 5.15 Å². The number of hydrogen-bond acceptors (Lipinski definition) is 10. The minimum absolute atomic E-state index is 0. The molecule has 160 valence electrons. The van der Waals surface area contributed by atoms with Gasteiger partial charge in [0, 0.05) is 49.9 Å². The Morgan fingerprint density at radius 3 is 2.03 bits per heavy atom. The molecule has 0 spiro atoms. The van der Waals surface area contributed by atoms with Crippen molar-refractivity contribution in [2.75, 3.05) is 12.5 Å². The smallest absolute Gasteiger partial charge is 0.249 e. The standard InChI is InChI=1S/C7H5ClN2O2S2.C7H6N2O2S2.CH3.Pd/c1-14(11,12)7-9-5(8)4-2-3-13-6(4)10-7;1-13(10,11)7-8-4-5-2-3-12-6(5)9-7;;/h2-3H,1H3;2-4H,1H3;1H3;/q;;-1;. The number of aromatic nitrogens is 4. The molecule has 0 amide bonds. The van der Waals surface area contributed by atoms with Gasteiger partial charge < -0.3 is 7.43 Å². The summed E-state index contributed by atoms with van der Waals surface area (Å²) in [6, 6.07) is 3.61. The van der Waals surface area contributed by atoms with Crippen LogP contribution in [0.25, 0.3) is 20.4 Å². The third kappa shape index (κ3) is 6.21. The third-order valence-corrected chi connectivity index (χ3v) is 6.73. The number of sulfone groups is 2. The molecule has 14 heteroatoms. The average molecular weight is 584 g/mol. The summed E-state index contributed by atoms with van der Waals surface area (Å²) >= 11 is 8.53. The van der Waals surface area contributed by atoms with Crippen LogP contribution in [0.1, 0.15) is 0 Å². The zero-order valence-corrected chi connectivity index (χ0v) is 20.7. The monoisotopic (exact) mass is 583 g/mol. The largest absolute Gasteiger partial charge is 0.358 e. The van der Waals surface area contributed by atoms with E-state index in [2.05, 4.69) is 19.9 Å². The number of hydrogen-bond donors (Lipinski definition) is 0. The van der Waals surface area contributed by atoms with Gasteiger partial charge in [-0.2, -0.15) is 0 Å². The quantitative estimate of drug-likeness (QED) is 0.152. The van der Waals surface area contributed by atoms with Gasteiger partial charge in [0.1, 0.15) is 14.8 Å².